The van der Waals surface area contributed by atoms with Gasteiger partial charge in [-0.3, -0.25) is 0 Å². The molecule has 0 atom stereocenters. The van der Waals surface area contributed by atoms with E-state index in [9.17, 15) is 13.0 Å². The van der Waals surface area contributed by atoms with Crippen LogP contribution < -0.4 is 4.57 Å². The van der Waals surface area contributed by atoms with Gasteiger partial charge in [0.25, 0.3) is 5.52 Å². The number of aromatic nitrogens is 1. The first-order chi connectivity index (χ1) is 16.8. The van der Waals surface area contributed by atoms with Crippen molar-refractivity contribution in [3.05, 3.63) is 90.0 Å². The summed E-state index contributed by atoms with van der Waals surface area (Å²) < 4.78 is 45.1. The van der Waals surface area contributed by atoms with Gasteiger partial charge in [-0.05, 0) is 50.1 Å². The van der Waals surface area contributed by atoms with Gasteiger partial charge in [0, 0.05) is 12.5 Å². The fourth-order valence-electron chi connectivity index (χ4n) is 3.62. The van der Waals surface area contributed by atoms with Crippen LogP contribution in [0.2, 0.25) is 0 Å². The molecule has 7 heteroatoms. The van der Waals surface area contributed by atoms with E-state index in [0.717, 1.165) is 41.3 Å². The molecule has 0 unspecified atom stereocenters. The fourth-order valence-corrected chi connectivity index (χ4v) is 4.09. The predicted molar refractivity (Wildman–Crippen MR) is 137 cm³/mol. The monoisotopic (exact) mass is 493 g/mol. The molecule has 184 valence electrons. The summed E-state index contributed by atoms with van der Waals surface area (Å²) in [7, 11) is -4.27. The van der Waals surface area contributed by atoms with Crippen LogP contribution in [0.5, 0.6) is 0 Å². The Labute approximate surface area is 207 Å². The largest absolute Gasteiger partial charge is 0.744 e. The maximum atomic E-state index is 10.4. The van der Waals surface area contributed by atoms with Gasteiger partial charge >= 0.3 is 5.89 Å². The third-order valence-electron chi connectivity index (χ3n) is 5.43. The van der Waals surface area contributed by atoms with E-state index >= 15 is 0 Å². The van der Waals surface area contributed by atoms with Crippen molar-refractivity contribution < 1.29 is 26.7 Å². The number of hydrogen-bond acceptors (Lipinski definition) is 5. The molecule has 3 aromatic carbocycles. The summed E-state index contributed by atoms with van der Waals surface area (Å²) >= 11 is 0. The van der Waals surface area contributed by atoms with Crippen LogP contribution in [0, 0.1) is 6.92 Å². The third-order valence-corrected chi connectivity index (χ3v) is 6.28. The molecule has 0 saturated carbocycles. The minimum absolute atomic E-state index is 0.178. The summed E-state index contributed by atoms with van der Waals surface area (Å²) in [6.07, 6.45) is 2.86. The molecular formula is C28H31NO5S. The highest BCUT2D eigenvalue weighted by Crippen LogP contribution is 2.25. The first-order valence-corrected chi connectivity index (χ1v) is 13.0. The predicted octanol–water partition coefficient (Wildman–Crippen LogP) is 6.09. The lowest BCUT2D eigenvalue weighted by molar-refractivity contribution is -0.674. The molecule has 1 aromatic heterocycles. The highest BCUT2D eigenvalue weighted by atomic mass is 32.2. The van der Waals surface area contributed by atoms with Crippen LogP contribution in [0.1, 0.15) is 38.6 Å². The average Bonchev–Trinajstić information content (AvgIpc) is 3.20. The molecule has 0 spiro atoms. The quantitative estimate of drug-likeness (QED) is 0.177. The Morgan fingerprint density at radius 2 is 1.66 bits per heavy atom. The lowest BCUT2D eigenvalue weighted by Gasteiger charge is -2.05. The van der Waals surface area contributed by atoms with Gasteiger partial charge in [-0.2, -0.15) is 4.57 Å². The lowest BCUT2D eigenvalue weighted by atomic mass is 10.1. The minimum atomic E-state index is -4.27. The summed E-state index contributed by atoms with van der Waals surface area (Å²) in [4.78, 5) is -0.178. The second kappa shape index (κ2) is 11.8. The molecular weight excluding hydrogens is 462 g/mol. The van der Waals surface area contributed by atoms with Gasteiger partial charge in [-0.15, -0.1) is 0 Å². The zero-order valence-corrected chi connectivity index (χ0v) is 21.3. The molecule has 4 rings (SSSR count). The maximum Gasteiger partial charge on any atom is 0.377 e. The van der Waals surface area contributed by atoms with Gasteiger partial charge in [-0.25, -0.2) is 8.42 Å². The van der Waals surface area contributed by atoms with Crippen molar-refractivity contribution in [2.24, 2.45) is 0 Å². The van der Waals surface area contributed by atoms with Crippen molar-refractivity contribution >= 4 is 27.3 Å². The van der Waals surface area contributed by atoms with Crippen molar-refractivity contribution in [3.63, 3.8) is 0 Å². The van der Waals surface area contributed by atoms with Crippen molar-refractivity contribution in [2.75, 3.05) is 6.61 Å². The Bertz CT molecular complexity index is 1390. The van der Waals surface area contributed by atoms with E-state index in [2.05, 4.69) is 54.8 Å². The molecule has 0 amide bonds. The smallest absolute Gasteiger partial charge is 0.377 e. The fraction of sp³-hybridized carbons (Fsp3) is 0.250. The van der Waals surface area contributed by atoms with Crippen molar-refractivity contribution in [1.29, 1.82) is 0 Å². The SMILES string of the molecule is CCOC(=Cc1oc2ccc(-c3ccccc3)cc2[n+]1CC)CC.Cc1ccc(S(=O)(=O)[O-])cc1. The molecule has 0 fully saturated rings. The number of benzene rings is 3. The second-order valence-corrected chi connectivity index (χ2v) is 9.28. The zero-order chi connectivity index (χ0) is 25.4. The van der Waals surface area contributed by atoms with E-state index in [0.29, 0.717) is 6.61 Å². The molecule has 6 nitrogen and oxygen atoms in total. The number of hydrogen-bond donors (Lipinski definition) is 0. The topological polar surface area (TPSA) is 83.5 Å². The summed E-state index contributed by atoms with van der Waals surface area (Å²) in [6.45, 7) is 9.56. The molecule has 35 heavy (non-hydrogen) atoms. The number of nitrogens with zero attached hydrogens (tertiary/aromatic N) is 1. The number of allylic oxidation sites excluding steroid dienone is 1. The van der Waals surface area contributed by atoms with Crippen LogP contribution in [0.15, 0.2) is 87.9 Å². The highest BCUT2D eigenvalue weighted by molar-refractivity contribution is 7.85. The Morgan fingerprint density at radius 1 is 0.971 bits per heavy atom. The second-order valence-electron chi connectivity index (χ2n) is 7.90. The van der Waals surface area contributed by atoms with Crippen LogP contribution in [0.3, 0.4) is 0 Å². The summed E-state index contributed by atoms with van der Waals surface area (Å²) in [5.41, 5.74) is 5.34. The van der Waals surface area contributed by atoms with Gasteiger partial charge in [0.15, 0.2) is 0 Å². The van der Waals surface area contributed by atoms with Crippen LogP contribution in [0.25, 0.3) is 28.3 Å². The Morgan fingerprint density at radius 3 is 2.23 bits per heavy atom. The van der Waals surface area contributed by atoms with Crippen molar-refractivity contribution in [1.82, 2.24) is 0 Å². The number of ether oxygens (including phenoxy) is 1. The van der Waals surface area contributed by atoms with Crippen LogP contribution >= 0.6 is 0 Å². The normalized spacial score (nSPS) is 11.7. The van der Waals surface area contributed by atoms with Gasteiger partial charge in [0.1, 0.15) is 22.4 Å². The van der Waals surface area contributed by atoms with Crippen molar-refractivity contribution in [3.8, 4) is 11.1 Å². The van der Waals surface area contributed by atoms with Crippen LogP contribution in [0.4, 0.5) is 0 Å². The Hall–Kier alpha value is -3.42. The summed E-state index contributed by atoms with van der Waals surface area (Å²) in [6, 6.07) is 22.6. The Balaban J connectivity index is 0.000000261. The van der Waals surface area contributed by atoms with E-state index in [-0.39, 0.29) is 4.90 Å². The maximum absolute atomic E-state index is 10.4. The molecule has 0 bridgehead atoms. The molecule has 0 saturated heterocycles. The van der Waals surface area contributed by atoms with E-state index < -0.39 is 10.1 Å². The number of rotatable bonds is 7. The Kier molecular flexibility index (Phi) is 8.84. The highest BCUT2D eigenvalue weighted by Gasteiger charge is 2.21. The standard InChI is InChI=1S/C21H24NO2.C7H8O3S/c1-4-18(23-6-3)15-21-22(5-2)19-14-17(12-13-20(19)24-21)16-10-8-7-9-11-16;1-6-2-4-7(5-3-6)11(8,9)10/h7-15H,4-6H2,1-3H3;2-5H,1H3,(H,8,9,10)/q+1;/p-1. The van der Waals surface area contributed by atoms with E-state index in [4.69, 9.17) is 9.15 Å². The first-order valence-electron chi connectivity index (χ1n) is 11.6. The average molecular weight is 494 g/mol. The summed E-state index contributed by atoms with van der Waals surface area (Å²) in [5.74, 6) is 1.78. The van der Waals surface area contributed by atoms with Crippen molar-refractivity contribution in [2.45, 2.75) is 45.6 Å². The number of aryl methyl sites for hydroxylation is 2. The third kappa shape index (κ3) is 6.81. The van der Waals surface area contributed by atoms with Crippen LogP contribution in [-0.2, 0) is 21.4 Å². The molecule has 0 aliphatic carbocycles. The molecule has 4 aromatic rings. The molecule has 0 aliphatic heterocycles. The van der Waals surface area contributed by atoms with Gasteiger partial charge in [-0.1, -0.05) is 61.0 Å². The van der Waals surface area contributed by atoms with Crippen LogP contribution in [-0.4, -0.2) is 19.6 Å². The van der Waals surface area contributed by atoms with E-state index in [1.165, 1.54) is 23.3 Å². The van der Waals surface area contributed by atoms with Gasteiger partial charge in [0.2, 0.25) is 5.58 Å². The minimum Gasteiger partial charge on any atom is -0.744 e. The molecule has 0 aliphatic rings. The molecule has 1 heterocycles. The van der Waals surface area contributed by atoms with Gasteiger partial charge < -0.3 is 13.7 Å². The zero-order valence-electron chi connectivity index (χ0n) is 20.5. The lowest BCUT2D eigenvalue weighted by Crippen LogP contribution is -2.33. The summed E-state index contributed by atoms with van der Waals surface area (Å²) in [5, 5.41) is 0. The van der Waals surface area contributed by atoms with E-state index in [1.54, 1.807) is 12.1 Å². The van der Waals surface area contributed by atoms with Gasteiger partial charge in [0.05, 0.1) is 17.6 Å². The van der Waals surface area contributed by atoms with E-state index in [1.807, 2.05) is 32.1 Å². The molecule has 0 N–H and O–H groups in total. The number of fused-ring (bicyclic) bond motifs is 1. The molecule has 0 radical (unpaired) electrons. The first kappa shape index (κ1) is 26.2. The number of oxazole rings is 1.